The van der Waals surface area contributed by atoms with Gasteiger partial charge in [0.1, 0.15) is 0 Å². The van der Waals surface area contributed by atoms with Crippen LogP contribution in [0.1, 0.15) is 33.1 Å². The first-order chi connectivity index (χ1) is 9.99. The molecule has 1 saturated heterocycles. The summed E-state index contributed by atoms with van der Waals surface area (Å²) in [6.45, 7) is 5.92. The number of amides is 2. The highest BCUT2D eigenvalue weighted by atomic mass is 16.5. The van der Waals surface area contributed by atoms with Gasteiger partial charge < -0.3 is 19.6 Å². The molecule has 0 aromatic heterocycles. The number of morpholine rings is 1. The Morgan fingerprint density at radius 1 is 1.24 bits per heavy atom. The van der Waals surface area contributed by atoms with E-state index in [1.807, 2.05) is 13.8 Å². The molecular formula is C14H24N2O5. The van der Waals surface area contributed by atoms with Crippen molar-refractivity contribution in [1.29, 1.82) is 0 Å². The predicted molar refractivity (Wildman–Crippen MR) is 75.7 cm³/mol. The fourth-order valence-corrected chi connectivity index (χ4v) is 2.31. The summed E-state index contributed by atoms with van der Waals surface area (Å²) in [5, 5.41) is 8.89. The second kappa shape index (κ2) is 8.61. The first-order valence-electron chi connectivity index (χ1n) is 7.39. The minimum absolute atomic E-state index is 0.0539. The lowest BCUT2D eigenvalue weighted by Crippen LogP contribution is -2.48. The van der Waals surface area contributed by atoms with Crippen LogP contribution in [-0.2, 0) is 19.1 Å². The molecule has 120 valence electrons. The maximum atomic E-state index is 12.0. The van der Waals surface area contributed by atoms with Gasteiger partial charge in [0, 0.05) is 32.5 Å². The van der Waals surface area contributed by atoms with Gasteiger partial charge in [-0.25, -0.2) is 4.79 Å². The molecule has 21 heavy (non-hydrogen) atoms. The molecular weight excluding hydrogens is 276 g/mol. The summed E-state index contributed by atoms with van der Waals surface area (Å²) < 4.78 is 5.07. The number of carboxylic acids is 1. The van der Waals surface area contributed by atoms with Crippen LogP contribution in [-0.4, -0.2) is 71.6 Å². The Balaban J connectivity index is 2.33. The van der Waals surface area contributed by atoms with Crippen LogP contribution in [0.4, 0.5) is 0 Å². The van der Waals surface area contributed by atoms with Gasteiger partial charge in [-0.3, -0.25) is 9.59 Å². The van der Waals surface area contributed by atoms with Crippen LogP contribution in [0.5, 0.6) is 0 Å². The van der Waals surface area contributed by atoms with Gasteiger partial charge in [0.2, 0.25) is 11.8 Å². The Labute approximate surface area is 124 Å². The van der Waals surface area contributed by atoms with E-state index in [9.17, 15) is 14.4 Å². The van der Waals surface area contributed by atoms with Gasteiger partial charge in [-0.1, -0.05) is 0 Å². The number of ether oxygens (including phenoxy) is 1. The fraction of sp³-hybridized carbons (Fsp3) is 0.786. The van der Waals surface area contributed by atoms with Crippen LogP contribution in [0.25, 0.3) is 0 Å². The number of carbonyl (C=O) groups is 3. The number of aliphatic carboxylic acids is 1. The molecule has 1 aliphatic rings. The summed E-state index contributed by atoms with van der Waals surface area (Å²) in [6.07, 6.45) is 0.155. The first kappa shape index (κ1) is 17.4. The molecule has 0 bridgehead atoms. The van der Waals surface area contributed by atoms with E-state index in [2.05, 4.69) is 0 Å². The average Bonchev–Trinajstić information content (AvgIpc) is 2.48. The van der Waals surface area contributed by atoms with Crippen molar-refractivity contribution in [2.24, 2.45) is 0 Å². The summed E-state index contributed by atoms with van der Waals surface area (Å²) in [7, 11) is 0. The van der Waals surface area contributed by atoms with E-state index >= 15 is 0 Å². The summed E-state index contributed by atoms with van der Waals surface area (Å²) >= 11 is 0. The maximum Gasteiger partial charge on any atom is 0.334 e. The molecule has 7 heteroatoms. The summed E-state index contributed by atoms with van der Waals surface area (Å²) in [5.74, 6) is -1.11. The summed E-state index contributed by atoms with van der Waals surface area (Å²) in [5.41, 5.74) is 0. The Morgan fingerprint density at radius 3 is 2.48 bits per heavy atom. The Bertz CT molecular complexity index is 382. The second-order valence-electron chi connectivity index (χ2n) is 4.96. The molecule has 1 atom stereocenters. The maximum absolute atomic E-state index is 12.0. The van der Waals surface area contributed by atoms with Crippen LogP contribution in [0.15, 0.2) is 0 Å². The van der Waals surface area contributed by atoms with Gasteiger partial charge >= 0.3 is 5.97 Å². The zero-order chi connectivity index (χ0) is 15.8. The van der Waals surface area contributed by atoms with Crippen LogP contribution >= 0.6 is 0 Å². The molecule has 0 spiro atoms. The van der Waals surface area contributed by atoms with Crippen molar-refractivity contribution in [3.05, 3.63) is 0 Å². The topological polar surface area (TPSA) is 87.2 Å². The van der Waals surface area contributed by atoms with Crippen LogP contribution in [0.3, 0.4) is 0 Å². The fourth-order valence-electron chi connectivity index (χ4n) is 2.31. The van der Waals surface area contributed by atoms with Gasteiger partial charge in [-0.15, -0.1) is 0 Å². The Morgan fingerprint density at radius 2 is 1.90 bits per heavy atom. The normalized spacial score (nSPS) is 18.4. The van der Waals surface area contributed by atoms with Gasteiger partial charge in [0.15, 0.2) is 6.10 Å². The summed E-state index contributed by atoms with van der Waals surface area (Å²) in [6, 6.07) is 0. The highest BCUT2D eigenvalue weighted by Gasteiger charge is 2.28. The standard InChI is InChI=1S/C14H24N2O5/c1-3-15(4-2)12(17)6-5-7-13(18)16-8-9-21-11(10-16)14(19)20/h11H,3-10H2,1-2H3,(H,19,20). The van der Waals surface area contributed by atoms with E-state index in [1.165, 1.54) is 4.90 Å². The molecule has 1 heterocycles. The van der Waals surface area contributed by atoms with Gasteiger partial charge in [0.05, 0.1) is 13.2 Å². The van der Waals surface area contributed by atoms with E-state index in [-0.39, 0.29) is 31.4 Å². The third kappa shape index (κ3) is 5.34. The van der Waals surface area contributed by atoms with Gasteiger partial charge in [-0.2, -0.15) is 0 Å². The van der Waals surface area contributed by atoms with E-state index in [0.717, 1.165) is 0 Å². The largest absolute Gasteiger partial charge is 0.479 e. The average molecular weight is 300 g/mol. The third-order valence-electron chi connectivity index (χ3n) is 3.59. The zero-order valence-corrected chi connectivity index (χ0v) is 12.7. The van der Waals surface area contributed by atoms with Gasteiger partial charge in [0.25, 0.3) is 0 Å². The number of hydrogen-bond acceptors (Lipinski definition) is 4. The SMILES string of the molecule is CCN(CC)C(=O)CCCC(=O)N1CCOC(C(=O)O)C1. The molecule has 1 N–H and O–H groups in total. The Hall–Kier alpha value is -1.63. The molecule has 0 aromatic carbocycles. The van der Waals surface area contributed by atoms with Crippen molar-refractivity contribution < 1.29 is 24.2 Å². The lowest BCUT2D eigenvalue weighted by Gasteiger charge is -2.31. The summed E-state index contributed by atoms with van der Waals surface area (Å²) in [4.78, 5) is 37.9. The Kier molecular flexibility index (Phi) is 7.14. The molecule has 1 aliphatic heterocycles. The van der Waals surface area contributed by atoms with Crippen LogP contribution in [0.2, 0.25) is 0 Å². The number of rotatable bonds is 7. The number of carbonyl (C=O) groups excluding carboxylic acids is 2. The molecule has 1 rings (SSSR count). The lowest BCUT2D eigenvalue weighted by atomic mass is 10.2. The zero-order valence-electron chi connectivity index (χ0n) is 12.7. The highest BCUT2D eigenvalue weighted by molar-refractivity contribution is 5.80. The van der Waals surface area contributed by atoms with Crippen molar-refractivity contribution in [3.63, 3.8) is 0 Å². The van der Waals surface area contributed by atoms with Crippen molar-refractivity contribution in [3.8, 4) is 0 Å². The van der Waals surface area contributed by atoms with Crippen molar-refractivity contribution in [2.75, 3.05) is 32.8 Å². The molecule has 0 aliphatic carbocycles. The van der Waals surface area contributed by atoms with E-state index < -0.39 is 12.1 Å². The van der Waals surface area contributed by atoms with Crippen LogP contribution < -0.4 is 0 Å². The van der Waals surface area contributed by atoms with Crippen molar-refractivity contribution >= 4 is 17.8 Å². The molecule has 1 fully saturated rings. The number of carboxylic acid groups (broad SMARTS) is 1. The van der Waals surface area contributed by atoms with Crippen molar-refractivity contribution in [2.45, 2.75) is 39.2 Å². The molecule has 1 unspecified atom stereocenters. The third-order valence-corrected chi connectivity index (χ3v) is 3.59. The molecule has 0 saturated carbocycles. The minimum atomic E-state index is -1.05. The molecule has 7 nitrogen and oxygen atoms in total. The number of nitrogens with zero attached hydrogens (tertiary/aromatic N) is 2. The minimum Gasteiger partial charge on any atom is -0.479 e. The number of hydrogen-bond donors (Lipinski definition) is 1. The van der Waals surface area contributed by atoms with E-state index in [4.69, 9.17) is 9.84 Å². The monoisotopic (exact) mass is 300 g/mol. The predicted octanol–water partition coefficient (Wildman–Crippen LogP) is 0.337. The highest BCUT2D eigenvalue weighted by Crippen LogP contribution is 2.09. The smallest absolute Gasteiger partial charge is 0.334 e. The van der Waals surface area contributed by atoms with Crippen LogP contribution in [0, 0.1) is 0 Å². The lowest BCUT2D eigenvalue weighted by molar-refractivity contribution is -0.159. The molecule has 0 aromatic rings. The second-order valence-corrected chi connectivity index (χ2v) is 4.96. The molecule has 0 radical (unpaired) electrons. The van der Waals surface area contributed by atoms with E-state index in [1.54, 1.807) is 4.90 Å². The quantitative estimate of drug-likeness (QED) is 0.732. The molecule has 2 amide bonds. The first-order valence-corrected chi connectivity index (χ1v) is 7.39. The van der Waals surface area contributed by atoms with Crippen molar-refractivity contribution in [1.82, 2.24) is 9.80 Å². The van der Waals surface area contributed by atoms with Gasteiger partial charge in [-0.05, 0) is 20.3 Å². The van der Waals surface area contributed by atoms with E-state index in [0.29, 0.717) is 32.5 Å².